The lowest BCUT2D eigenvalue weighted by molar-refractivity contribution is 0.0926. The van der Waals surface area contributed by atoms with Gasteiger partial charge in [-0.25, -0.2) is 0 Å². The summed E-state index contributed by atoms with van der Waals surface area (Å²) in [5, 5.41) is 3.85. The Labute approximate surface area is 126 Å². The average Bonchev–Trinajstić information content (AvgIpc) is 3.18. The van der Waals surface area contributed by atoms with Gasteiger partial charge in [0.2, 0.25) is 0 Å². The van der Waals surface area contributed by atoms with Crippen LogP contribution in [0.25, 0.3) is 0 Å². The SMILES string of the molecule is CCC(C)N1CC(CC2CC2)CC(NCC(C)(C)C)C1. The van der Waals surface area contributed by atoms with Crippen molar-refractivity contribution < 1.29 is 0 Å². The summed E-state index contributed by atoms with van der Waals surface area (Å²) in [4.78, 5) is 2.75. The van der Waals surface area contributed by atoms with Crippen LogP contribution < -0.4 is 5.32 Å². The lowest BCUT2D eigenvalue weighted by atomic mass is 9.88. The molecule has 0 radical (unpaired) electrons. The van der Waals surface area contributed by atoms with E-state index in [9.17, 15) is 0 Å². The molecule has 0 aromatic rings. The highest BCUT2D eigenvalue weighted by molar-refractivity contribution is 4.89. The Balaban J connectivity index is 1.88. The second kappa shape index (κ2) is 6.79. The van der Waals surface area contributed by atoms with Gasteiger partial charge in [0.25, 0.3) is 0 Å². The van der Waals surface area contributed by atoms with Crippen molar-refractivity contribution in [2.24, 2.45) is 17.3 Å². The van der Waals surface area contributed by atoms with Crippen LogP contribution in [0.15, 0.2) is 0 Å². The maximum absolute atomic E-state index is 3.85. The molecule has 2 heteroatoms. The number of nitrogens with zero attached hydrogens (tertiary/aromatic N) is 1. The van der Waals surface area contributed by atoms with Crippen molar-refractivity contribution in [1.82, 2.24) is 10.2 Å². The fourth-order valence-electron chi connectivity index (χ4n) is 3.45. The molecule has 3 unspecified atom stereocenters. The zero-order chi connectivity index (χ0) is 14.8. The summed E-state index contributed by atoms with van der Waals surface area (Å²) in [6.07, 6.45) is 7.17. The zero-order valence-corrected chi connectivity index (χ0v) is 14.4. The molecular formula is C18H36N2. The summed E-state index contributed by atoms with van der Waals surface area (Å²) in [7, 11) is 0. The van der Waals surface area contributed by atoms with E-state index in [4.69, 9.17) is 0 Å². The largest absolute Gasteiger partial charge is 0.312 e. The van der Waals surface area contributed by atoms with Crippen molar-refractivity contribution >= 4 is 0 Å². The first kappa shape index (κ1) is 16.3. The van der Waals surface area contributed by atoms with Crippen molar-refractivity contribution in [1.29, 1.82) is 0 Å². The van der Waals surface area contributed by atoms with Gasteiger partial charge in [-0.15, -0.1) is 0 Å². The number of hydrogen-bond donors (Lipinski definition) is 1. The van der Waals surface area contributed by atoms with E-state index in [1.807, 2.05) is 0 Å². The first-order valence-electron chi connectivity index (χ1n) is 8.85. The summed E-state index contributed by atoms with van der Waals surface area (Å²) in [5.41, 5.74) is 0.393. The second-order valence-electron chi connectivity index (χ2n) is 8.63. The summed E-state index contributed by atoms with van der Waals surface area (Å²) < 4.78 is 0. The minimum Gasteiger partial charge on any atom is -0.312 e. The van der Waals surface area contributed by atoms with E-state index in [1.165, 1.54) is 45.2 Å². The van der Waals surface area contributed by atoms with Gasteiger partial charge in [-0.2, -0.15) is 0 Å². The van der Waals surface area contributed by atoms with Gasteiger partial charge >= 0.3 is 0 Å². The van der Waals surface area contributed by atoms with E-state index in [1.54, 1.807) is 0 Å². The van der Waals surface area contributed by atoms with E-state index in [-0.39, 0.29) is 0 Å². The van der Waals surface area contributed by atoms with Crippen LogP contribution in [-0.4, -0.2) is 36.6 Å². The summed E-state index contributed by atoms with van der Waals surface area (Å²) in [6.45, 7) is 15.5. The molecule has 0 aromatic heterocycles. The number of rotatable bonds is 6. The van der Waals surface area contributed by atoms with E-state index in [0.717, 1.165) is 24.4 Å². The third-order valence-electron chi connectivity index (χ3n) is 5.06. The predicted octanol–water partition coefficient (Wildman–Crippen LogP) is 3.91. The molecule has 0 aromatic carbocycles. The second-order valence-corrected chi connectivity index (χ2v) is 8.63. The number of nitrogens with one attached hydrogen (secondary N) is 1. The summed E-state index contributed by atoms with van der Waals surface area (Å²) >= 11 is 0. The fourth-order valence-corrected chi connectivity index (χ4v) is 3.45. The van der Waals surface area contributed by atoms with Gasteiger partial charge in [-0.1, -0.05) is 40.5 Å². The molecule has 2 fully saturated rings. The highest BCUT2D eigenvalue weighted by atomic mass is 15.2. The van der Waals surface area contributed by atoms with Crippen LogP contribution in [0.1, 0.15) is 66.7 Å². The first-order chi connectivity index (χ1) is 9.37. The molecular weight excluding hydrogens is 244 g/mol. The molecule has 118 valence electrons. The highest BCUT2D eigenvalue weighted by Crippen LogP contribution is 2.38. The molecule has 1 heterocycles. The van der Waals surface area contributed by atoms with Crippen molar-refractivity contribution in [3.05, 3.63) is 0 Å². The Morgan fingerprint density at radius 2 is 1.85 bits per heavy atom. The van der Waals surface area contributed by atoms with Crippen molar-refractivity contribution in [2.75, 3.05) is 19.6 Å². The van der Waals surface area contributed by atoms with E-state index < -0.39 is 0 Å². The van der Waals surface area contributed by atoms with E-state index >= 15 is 0 Å². The van der Waals surface area contributed by atoms with Crippen molar-refractivity contribution in [3.63, 3.8) is 0 Å². The molecule has 1 N–H and O–H groups in total. The molecule has 1 saturated heterocycles. The normalized spacial score (nSPS) is 30.4. The van der Waals surface area contributed by atoms with E-state index in [0.29, 0.717) is 11.5 Å². The van der Waals surface area contributed by atoms with Gasteiger partial charge in [-0.3, -0.25) is 4.90 Å². The third kappa shape index (κ3) is 5.37. The van der Waals surface area contributed by atoms with Crippen LogP contribution in [0, 0.1) is 17.3 Å². The minimum atomic E-state index is 0.393. The molecule has 2 rings (SSSR count). The Hall–Kier alpha value is -0.0800. The third-order valence-corrected chi connectivity index (χ3v) is 5.06. The number of likely N-dealkylation sites (tertiary alicyclic amines) is 1. The van der Waals surface area contributed by atoms with E-state index in [2.05, 4.69) is 44.8 Å². The van der Waals surface area contributed by atoms with Crippen LogP contribution in [-0.2, 0) is 0 Å². The molecule has 2 aliphatic rings. The Morgan fingerprint density at radius 1 is 1.15 bits per heavy atom. The monoisotopic (exact) mass is 280 g/mol. The number of piperidine rings is 1. The van der Waals surface area contributed by atoms with Crippen LogP contribution in [0.5, 0.6) is 0 Å². The Bertz CT molecular complexity index is 290. The van der Waals surface area contributed by atoms with Gasteiger partial charge in [0.05, 0.1) is 0 Å². The summed E-state index contributed by atoms with van der Waals surface area (Å²) in [5.74, 6) is 2.00. The topological polar surface area (TPSA) is 15.3 Å². The van der Waals surface area contributed by atoms with Crippen molar-refractivity contribution in [3.8, 4) is 0 Å². The smallest absolute Gasteiger partial charge is 0.0198 e. The predicted molar refractivity (Wildman–Crippen MR) is 88.0 cm³/mol. The van der Waals surface area contributed by atoms with Gasteiger partial charge in [0, 0.05) is 31.7 Å². The van der Waals surface area contributed by atoms with Gasteiger partial charge in [-0.05, 0) is 43.4 Å². The van der Waals surface area contributed by atoms with Gasteiger partial charge < -0.3 is 5.32 Å². The van der Waals surface area contributed by atoms with Crippen LogP contribution in [0.3, 0.4) is 0 Å². The average molecular weight is 280 g/mol. The lowest BCUT2D eigenvalue weighted by Gasteiger charge is -2.42. The molecule has 3 atom stereocenters. The first-order valence-corrected chi connectivity index (χ1v) is 8.85. The van der Waals surface area contributed by atoms with Crippen LogP contribution >= 0.6 is 0 Å². The van der Waals surface area contributed by atoms with Crippen LogP contribution in [0.2, 0.25) is 0 Å². The highest BCUT2D eigenvalue weighted by Gasteiger charge is 2.33. The standard InChI is InChI=1S/C18H36N2/c1-6-14(2)20-11-16(9-15-7-8-15)10-17(12-20)19-13-18(3,4)5/h14-17,19H,6-13H2,1-5H3. The maximum atomic E-state index is 3.85. The quantitative estimate of drug-likeness (QED) is 0.793. The molecule has 1 aliphatic heterocycles. The van der Waals surface area contributed by atoms with Gasteiger partial charge in [0.1, 0.15) is 0 Å². The fraction of sp³-hybridized carbons (Fsp3) is 1.00. The molecule has 20 heavy (non-hydrogen) atoms. The molecule has 2 nitrogen and oxygen atoms in total. The lowest BCUT2D eigenvalue weighted by Crippen LogP contribution is -2.53. The van der Waals surface area contributed by atoms with Crippen molar-refractivity contribution in [2.45, 2.75) is 78.8 Å². The molecule has 0 bridgehead atoms. The summed E-state index contributed by atoms with van der Waals surface area (Å²) in [6, 6.07) is 1.46. The van der Waals surface area contributed by atoms with Crippen LogP contribution in [0.4, 0.5) is 0 Å². The van der Waals surface area contributed by atoms with Gasteiger partial charge in [0.15, 0.2) is 0 Å². The Morgan fingerprint density at radius 3 is 2.40 bits per heavy atom. The molecule has 0 spiro atoms. The minimum absolute atomic E-state index is 0.393. The maximum Gasteiger partial charge on any atom is 0.0198 e. The number of hydrogen-bond acceptors (Lipinski definition) is 2. The molecule has 1 saturated carbocycles. The Kier molecular flexibility index (Phi) is 5.53. The molecule has 1 aliphatic carbocycles. The zero-order valence-electron chi connectivity index (χ0n) is 14.4. The molecule has 0 amide bonds.